The number of aromatic nitrogens is 2. The van der Waals surface area contributed by atoms with Gasteiger partial charge < -0.3 is 5.32 Å². The van der Waals surface area contributed by atoms with Gasteiger partial charge in [0.15, 0.2) is 0 Å². The predicted molar refractivity (Wildman–Crippen MR) is 76.5 cm³/mol. The molecular weight excluding hydrogens is 306 g/mol. The van der Waals surface area contributed by atoms with Crippen LogP contribution in [-0.2, 0) is 11.3 Å². The Morgan fingerprint density at radius 2 is 2.42 bits per heavy atom. The number of fused-ring (bicyclic) bond motifs is 2. The third kappa shape index (κ3) is 2.86. The summed E-state index contributed by atoms with van der Waals surface area (Å²) in [5, 5.41) is 7.26. The smallest absolute Gasteiger partial charge is 0.241 e. The lowest BCUT2D eigenvalue weighted by molar-refractivity contribution is -0.122. The van der Waals surface area contributed by atoms with E-state index in [2.05, 4.69) is 33.3 Å². The summed E-state index contributed by atoms with van der Waals surface area (Å²) in [6.45, 7) is 2.46. The van der Waals surface area contributed by atoms with Gasteiger partial charge in [-0.25, -0.2) is 0 Å². The van der Waals surface area contributed by atoms with Crippen molar-refractivity contribution in [3.63, 3.8) is 0 Å². The fourth-order valence-electron chi connectivity index (χ4n) is 3.88. The number of rotatable bonds is 4. The maximum Gasteiger partial charge on any atom is 0.241 e. The molecule has 4 unspecified atom stereocenters. The molecule has 2 aliphatic carbocycles. The first-order valence-electron chi connectivity index (χ1n) is 7.09. The lowest BCUT2D eigenvalue weighted by Gasteiger charge is -2.28. The minimum atomic E-state index is 0.0610. The molecule has 4 nitrogen and oxygen atoms in total. The zero-order chi connectivity index (χ0) is 13.4. The molecule has 1 N–H and O–H groups in total. The Balaban J connectivity index is 1.52. The highest BCUT2D eigenvalue weighted by molar-refractivity contribution is 9.10. The Hall–Kier alpha value is -0.840. The van der Waals surface area contributed by atoms with Crippen LogP contribution in [0.5, 0.6) is 0 Å². The molecule has 1 aromatic rings. The van der Waals surface area contributed by atoms with Crippen molar-refractivity contribution in [2.75, 3.05) is 0 Å². The largest absolute Gasteiger partial charge is 0.352 e. The standard InChI is InChI=1S/C14H20BrN3O/c1-9(13-5-10-2-3-11(13)4-10)17-14(19)8-18-7-12(15)6-16-18/h6-7,9-11,13H,2-5,8H2,1H3,(H,17,19). The molecule has 0 aromatic carbocycles. The van der Waals surface area contributed by atoms with Crippen molar-refractivity contribution in [1.82, 2.24) is 15.1 Å². The number of nitrogens with one attached hydrogen (secondary N) is 1. The van der Waals surface area contributed by atoms with Crippen LogP contribution in [0.3, 0.4) is 0 Å². The normalized spacial score (nSPS) is 30.5. The number of nitrogens with zero attached hydrogens (tertiary/aromatic N) is 2. The summed E-state index contributed by atoms with van der Waals surface area (Å²) in [4.78, 5) is 12.0. The van der Waals surface area contributed by atoms with Crippen LogP contribution in [0.4, 0.5) is 0 Å². The Morgan fingerprint density at radius 1 is 1.58 bits per heavy atom. The second-order valence-electron chi connectivity index (χ2n) is 6.05. The van der Waals surface area contributed by atoms with E-state index in [-0.39, 0.29) is 5.91 Å². The van der Waals surface area contributed by atoms with E-state index in [1.54, 1.807) is 10.9 Å². The van der Waals surface area contributed by atoms with Gasteiger partial charge in [0, 0.05) is 12.2 Å². The quantitative estimate of drug-likeness (QED) is 0.924. The van der Waals surface area contributed by atoms with Crippen molar-refractivity contribution < 1.29 is 4.79 Å². The van der Waals surface area contributed by atoms with Gasteiger partial charge in [0.1, 0.15) is 6.54 Å². The zero-order valence-corrected chi connectivity index (χ0v) is 12.8. The van der Waals surface area contributed by atoms with Crippen LogP contribution >= 0.6 is 15.9 Å². The molecule has 2 fully saturated rings. The zero-order valence-electron chi connectivity index (χ0n) is 11.2. The summed E-state index contributed by atoms with van der Waals surface area (Å²) in [6, 6.07) is 0.293. The average molecular weight is 326 g/mol. The maximum absolute atomic E-state index is 12.0. The van der Waals surface area contributed by atoms with Gasteiger partial charge in [-0.3, -0.25) is 9.48 Å². The first-order valence-corrected chi connectivity index (χ1v) is 7.88. The molecular formula is C14H20BrN3O. The maximum atomic E-state index is 12.0. The van der Waals surface area contributed by atoms with Crippen LogP contribution in [0.25, 0.3) is 0 Å². The molecule has 0 saturated heterocycles. The molecule has 0 aliphatic heterocycles. The van der Waals surface area contributed by atoms with Gasteiger partial charge >= 0.3 is 0 Å². The molecule has 1 aromatic heterocycles. The highest BCUT2D eigenvalue weighted by Crippen LogP contribution is 2.49. The van der Waals surface area contributed by atoms with Crippen LogP contribution < -0.4 is 5.32 Å². The molecule has 5 heteroatoms. The lowest BCUT2D eigenvalue weighted by Crippen LogP contribution is -2.41. The Labute approximate surface area is 122 Å². The lowest BCUT2D eigenvalue weighted by atomic mass is 9.84. The molecule has 1 heterocycles. The number of carbonyl (C=O) groups excluding carboxylic acids is 1. The summed E-state index contributed by atoms with van der Waals surface area (Å²) < 4.78 is 2.56. The molecule has 3 rings (SSSR count). The van der Waals surface area contributed by atoms with E-state index in [1.165, 1.54) is 25.7 Å². The first-order chi connectivity index (χ1) is 9.11. The summed E-state index contributed by atoms with van der Waals surface area (Å²) in [6.07, 6.45) is 8.98. The Morgan fingerprint density at radius 3 is 3.00 bits per heavy atom. The minimum Gasteiger partial charge on any atom is -0.352 e. The minimum absolute atomic E-state index is 0.0610. The highest BCUT2D eigenvalue weighted by Gasteiger charge is 2.42. The molecule has 19 heavy (non-hydrogen) atoms. The van der Waals surface area contributed by atoms with Crippen LogP contribution in [0.2, 0.25) is 0 Å². The molecule has 2 bridgehead atoms. The molecule has 2 saturated carbocycles. The van der Waals surface area contributed by atoms with Gasteiger partial charge in [-0.05, 0) is 59.9 Å². The number of amides is 1. The third-order valence-corrected chi connectivity index (χ3v) is 5.14. The predicted octanol–water partition coefficient (Wildman–Crippen LogP) is 2.59. The van der Waals surface area contributed by atoms with E-state index in [9.17, 15) is 4.79 Å². The summed E-state index contributed by atoms with van der Waals surface area (Å²) in [5.74, 6) is 2.52. The molecule has 0 spiro atoms. The molecule has 2 aliphatic rings. The van der Waals surface area contributed by atoms with Gasteiger partial charge in [0.05, 0.1) is 10.7 Å². The molecule has 0 radical (unpaired) electrons. The van der Waals surface area contributed by atoms with Gasteiger partial charge in [0.25, 0.3) is 0 Å². The first kappa shape index (κ1) is 13.2. The van der Waals surface area contributed by atoms with Crippen LogP contribution in [-0.4, -0.2) is 21.7 Å². The van der Waals surface area contributed by atoms with Crippen molar-refractivity contribution in [2.45, 2.75) is 45.2 Å². The topological polar surface area (TPSA) is 46.9 Å². The van der Waals surface area contributed by atoms with Crippen molar-refractivity contribution in [2.24, 2.45) is 17.8 Å². The Kier molecular flexibility index (Phi) is 3.65. The van der Waals surface area contributed by atoms with Crippen LogP contribution in [0.1, 0.15) is 32.6 Å². The van der Waals surface area contributed by atoms with Crippen molar-refractivity contribution in [3.8, 4) is 0 Å². The summed E-state index contributed by atoms with van der Waals surface area (Å²) in [7, 11) is 0. The fraction of sp³-hybridized carbons (Fsp3) is 0.714. The number of carbonyl (C=O) groups is 1. The molecule has 104 valence electrons. The van der Waals surface area contributed by atoms with E-state index in [4.69, 9.17) is 0 Å². The van der Waals surface area contributed by atoms with Gasteiger partial charge in [-0.2, -0.15) is 5.10 Å². The highest BCUT2D eigenvalue weighted by atomic mass is 79.9. The van der Waals surface area contributed by atoms with E-state index < -0.39 is 0 Å². The van der Waals surface area contributed by atoms with Crippen molar-refractivity contribution in [1.29, 1.82) is 0 Å². The Bertz CT molecular complexity index is 473. The number of hydrogen-bond donors (Lipinski definition) is 1. The van der Waals surface area contributed by atoms with Gasteiger partial charge in [0.2, 0.25) is 5.91 Å². The van der Waals surface area contributed by atoms with Crippen molar-refractivity contribution in [3.05, 3.63) is 16.9 Å². The monoisotopic (exact) mass is 325 g/mol. The summed E-state index contributed by atoms with van der Waals surface area (Å²) in [5.41, 5.74) is 0. The van der Waals surface area contributed by atoms with Gasteiger partial charge in [-0.15, -0.1) is 0 Å². The molecule has 1 amide bonds. The number of halogens is 1. The van der Waals surface area contributed by atoms with Crippen LogP contribution in [0, 0.1) is 17.8 Å². The van der Waals surface area contributed by atoms with E-state index >= 15 is 0 Å². The van der Waals surface area contributed by atoms with E-state index in [1.807, 2.05) is 6.20 Å². The van der Waals surface area contributed by atoms with Gasteiger partial charge in [-0.1, -0.05) is 6.42 Å². The van der Waals surface area contributed by atoms with Crippen LogP contribution in [0.15, 0.2) is 16.9 Å². The van der Waals surface area contributed by atoms with E-state index in [0.29, 0.717) is 18.5 Å². The number of hydrogen-bond acceptors (Lipinski definition) is 2. The second kappa shape index (κ2) is 5.27. The van der Waals surface area contributed by atoms with Crippen molar-refractivity contribution >= 4 is 21.8 Å². The second-order valence-corrected chi connectivity index (χ2v) is 6.97. The molecule has 4 atom stereocenters. The third-order valence-electron chi connectivity index (χ3n) is 4.73. The fourth-order valence-corrected chi connectivity index (χ4v) is 4.21. The SMILES string of the molecule is CC(NC(=O)Cn1cc(Br)cn1)C1CC2CCC1C2. The summed E-state index contributed by atoms with van der Waals surface area (Å²) >= 11 is 3.33. The average Bonchev–Trinajstić information content (AvgIpc) is 3.05. The van der Waals surface area contributed by atoms with E-state index in [0.717, 1.165) is 16.3 Å².